The molecule has 1 nitrogen and oxygen atoms in total. The van der Waals surface area contributed by atoms with Gasteiger partial charge in [0.25, 0.3) is 0 Å². The largest absolute Gasteiger partial charge is 0.484 e. The van der Waals surface area contributed by atoms with E-state index < -0.39 is 12.8 Å². The molecule has 0 heterocycles. The standard InChI is InChI=1S/C12H13F3O/c1-3-4-10-7-9(2)5-6-11(10)16-8-12(13,14)15/h3,5-7H,1,4,8H2,2H3. The fraction of sp³-hybridized carbons (Fsp3) is 0.333. The van der Waals surface area contributed by atoms with Crippen molar-refractivity contribution in [2.24, 2.45) is 0 Å². The van der Waals surface area contributed by atoms with Crippen LogP contribution < -0.4 is 4.74 Å². The smallest absolute Gasteiger partial charge is 0.422 e. The normalized spacial score (nSPS) is 11.2. The number of allylic oxidation sites excluding steroid dienone is 1. The lowest BCUT2D eigenvalue weighted by molar-refractivity contribution is -0.153. The molecule has 0 aliphatic rings. The van der Waals surface area contributed by atoms with Gasteiger partial charge < -0.3 is 4.74 Å². The summed E-state index contributed by atoms with van der Waals surface area (Å²) < 4.78 is 40.7. The van der Waals surface area contributed by atoms with E-state index in [9.17, 15) is 13.2 Å². The van der Waals surface area contributed by atoms with Crippen LogP contribution in [0.5, 0.6) is 5.75 Å². The minimum atomic E-state index is -4.31. The zero-order valence-electron chi connectivity index (χ0n) is 8.97. The number of aryl methyl sites for hydroxylation is 1. The van der Waals surface area contributed by atoms with Crippen LogP contribution in [0, 0.1) is 6.92 Å². The fourth-order valence-electron chi connectivity index (χ4n) is 1.32. The van der Waals surface area contributed by atoms with Crippen molar-refractivity contribution in [3.63, 3.8) is 0 Å². The molecule has 16 heavy (non-hydrogen) atoms. The summed E-state index contributed by atoms with van der Waals surface area (Å²) in [7, 11) is 0. The second-order valence-corrected chi connectivity index (χ2v) is 3.51. The van der Waals surface area contributed by atoms with Crippen LogP contribution in [-0.4, -0.2) is 12.8 Å². The third-order valence-electron chi connectivity index (χ3n) is 1.97. The predicted octanol–water partition coefficient (Wildman–Crippen LogP) is 3.66. The molecule has 0 radical (unpaired) electrons. The Hall–Kier alpha value is -1.45. The summed E-state index contributed by atoms with van der Waals surface area (Å²) in [4.78, 5) is 0. The summed E-state index contributed by atoms with van der Waals surface area (Å²) in [6.45, 7) is 4.17. The van der Waals surface area contributed by atoms with Gasteiger partial charge in [0, 0.05) is 0 Å². The quantitative estimate of drug-likeness (QED) is 0.717. The van der Waals surface area contributed by atoms with Crippen molar-refractivity contribution in [1.29, 1.82) is 0 Å². The maximum absolute atomic E-state index is 12.0. The highest BCUT2D eigenvalue weighted by Crippen LogP contribution is 2.23. The summed E-state index contributed by atoms with van der Waals surface area (Å²) in [5.41, 5.74) is 1.70. The molecule has 0 saturated carbocycles. The van der Waals surface area contributed by atoms with Crippen LogP contribution in [0.4, 0.5) is 13.2 Å². The summed E-state index contributed by atoms with van der Waals surface area (Å²) in [6, 6.07) is 5.07. The average molecular weight is 230 g/mol. The number of rotatable bonds is 4. The molecule has 1 aromatic rings. The van der Waals surface area contributed by atoms with Crippen molar-refractivity contribution in [2.45, 2.75) is 19.5 Å². The van der Waals surface area contributed by atoms with Crippen LogP contribution in [0.15, 0.2) is 30.9 Å². The molecule has 0 N–H and O–H groups in total. The second kappa shape index (κ2) is 5.05. The van der Waals surface area contributed by atoms with Crippen molar-refractivity contribution < 1.29 is 17.9 Å². The second-order valence-electron chi connectivity index (χ2n) is 3.51. The van der Waals surface area contributed by atoms with Gasteiger partial charge in [0.1, 0.15) is 5.75 Å². The number of halogens is 3. The maximum atomic E-state index is 12.0. The molecule has 0 atom stereocenters. The molecule has 0 bridgehead atoms. The minimum absolute atomic E-state index is 0.267. The van der Waals surface area contributed by atoms with E-state index in [2.05, 4.69) is 6.58 Å². The first-order valence-electron chi connectivity index (χ1n) is 4.82. The number of ether oxygens (including phenoxy) is 1. The molecule has 1 aromatic carbocycles. The van der Waals surface area contributed by atoms with E-state index in [-0.39, 0.29) is 5.75 Å². The lowest BCUT2D eigenvalue weighted by Crippen LogP contribution is -2.19. The number of hydrogen-bond donors (Lipinski definition) is 0. The summed E-state index contributed by atoms with van der Waals surface area (Å²) >= 11 is 0. The molecule has 0 amide bonds. The molecule has 4 heteroatoms. The minimum Gasteiger partial charge on any atom is -0.484 e. The Bertz CT molecular complexity index is 369. The first kappa shape index (κ1) is 12.6. The Morgan fingerprint density at radius 1 is 1.38 bits per heavy atom. The van der Waals surface area contributed by atoms with Crippen molar-refractivity contribution in [3.05, 3.63) is 42.0 Å². The summed E-state index contributed by atoms with van der Waals surface area (Å²) in [6.07, 6.45) is -2.18. The van der Waals surface area contributed by atoms with Crippen LogP contribution >= 0.6 is 0 Å². The van der Waals surface area contributed by atoms with Crippen molar-refractivity contribution in [2.75, 3.05) is 6.61 Å². The third-order valence-corrected chi connectivity index (χ3v) is 1.97. The fourth-order valence-corrected chi connectivity index (χ4v) is 1.32. The van der Waals surface area contributed by atoms with Gasteiger partial charge in [-0.1, -0.05) is 23.8 Å². The van der Waals surface area contributed by atoms with Crippen molar-refractivity contribution in [1.82, 2.24) is 0 Å². The van der Waals surface area contributed by atoms with E-state index in [4.69, 9.17) is 4.74 Å². The SMILES string of the molecule is C=CCc1cc(C)ccc1OCC(F)(F)F. The molecule has 0 aliphatic carbocycles. The lowest BCUT2D eigenvalue weighted by Gasteiger charge is -2.12. The van der Waals surface area contributed by atoms with Crippen LogP contribution in [0.25, 0.3) is 0 Å². The average Bonchev–Trinajstić information content (AvgIpc) is 2.15. The summed E-state index contributed by atoms with van der Waals surface area (Å²) in [5.74, 6) is 0.267. The molecule has 1 rings (SSSR count). The van der Waals surface area contributed by atoms with E-state index in [0.717, 1.165) is 11.1 Å². The van der Waals surface area contributed by atoms with Gasteiger partial charge in [0.05, 0.1) is 0 Å². The van der Waals surface area contributed by atoms with Crippen molar-refractivity contribution >= 4 is 0 Å². The van der Waals surface area contributed by atoms with Gasteiger partial charge in [-0.3, -0.25) is 0 Å². The Morgan fingerprint density at radius 2 is 2.06 bits per heavy atom. The molecular weight excluding hydrogens is 217 g/mol. The van der Waals surface area contributed by atoms with E-state index in [1.807, 2.05) is 6.92 Å². The number of benzene rings is 1. The van der Waals surface area contributed by atoms with Gasteiger partial charge >= 0.3 is 6.18 Å². The zero-order valence-corrected chi connectivity index (χ0v) is 8.97. The Labute approximate surface area is 92.5 Å². The highest BCUT2D eigenvalue weighted by Gasteiger charge is 2.28. The molecule has 88 valence electrons. The van der Waals surface area contributed by atoms with Gasteiger partial charge in [-0.05, 0) is 25.0 Å². The molecule has 0 saturated heterocycles. The third kappa shape index (κ3) is 3.96. The highest BCUT2D eigenvalue weighted by atomic mass is 19.4. The molecule has 0 aliphatic heterocycles. The molecular formula is C12H13F3O. The molecule has 0 spiro atoms. The van der Waals surface area contributed by atoms with E-state index in [1.54, 1.807) is 24.3 Å². The van der Waals surface area contributed by atoms with E-state index in [0.29, 0.717) is 6.42 Å². The van der Waals surface area contributed by atoms with Crippen LogP contribution in [0.2, 0.25) is 0 Å². The molecule has 0 unspecified atom stereocenters. The van der Waals surface area contributed by atoms with Gasteiger partial charge in [-0.2, -0.15) is 13.2 Å². The first-order chi connectivity index (χ1) is 7.42. The predicted molar refractivity (Wildman–Crippen MR) is 56.6 cm³/mol. The van der Waals surface area contributed by atoms with Gasteiger partial charge in [-0.15, -0.1) is 6.58 Å². The van der Waals surface area contributed by atoms with E-state index >= 15 is 0 Å². The number of hydrogen-bond acceptors (Lipinski definition) is 1. The Morgan fingerprint density at radius 3 is 2.62 bits per heavy atom. The van der Waals surface area contributed by atoms with Gasteiger partial charge in [-0.25, -0.2) is 0 Å². The topological polar surface area (TPSA) is 9.23 Å². The van der Waals surface area contributed by atoms with Crippen molar-refractivity contribution in [3.8, 4) is 5.75 Å². The number of alkyl halides is 3. The van der Waals surface area contributed by atoms with Gasteiger partial charge in [0.15, 0.2) is 6.61 Å². The summed E-state index contributed by atoms with van der Waals surface area (Å²) in [5, 5.41) is 0. The van der Waals surface area contributed by atoms with Crippen LogP contribution in [0.3, 0.4) is 0 Å². The van der Waals surface area contributed by atoms with Crippen LogP contribution in [0.1, 0.15) is 11.1 Å². The molecule has 0 fully saturated rings. The lowest BCUT2D eigenvalue weighted by atomic mass is 10.1. The zero-order chi connectivity index (χ0) is 12.2. The maximum Gasteiger partial charge on any atom is 0.422 e. The van der Waals surface area contributed by atoms with Gasteiger partial charge in [0.2, 0.25) is 0 Å². The van der Waals surface area contributed by atoms with Crippen LogP contribution in [-0.2, 0) is 6.42 Å². The van der Waals surface area contributed by atoms with E-state index in [1.165, 1.54) is 0 Å². The first-order valence-corrected chi connectivity index (χ1v) is 4.82. The Kier molecular flexibility index (Phi) is 3.99. The monoisotopic (exact) mass is 230 g/mol. The molecule has 0 aromatic heterocycles. The Balaban J connectivity index is 2.82. The highest BCUT2D eigenvalue weighted by molar-refractivity contribution is 5.38.